The van der Waals surface area contributed by atoms with Crippen LogP contribution in [-0.4, -0.2) is 30.4 Å². The van der Waals surface area contributed by atoms with E-state index in [4.69, 9.17) is 16.3 Å². The van der Waals surface area contributed by atoms with Crippen molar-refractivity contribution in [2.75, 3.05) is 18.1 Å². The zero-order valence-corrected chi connectivity index (χ0v) is 10.8. The number of ether oxygens (including phenoxy) is 1. The molecule has 18 heavy (non-hydrogen) atoms. The van der Waals surface area contributed by atoms with Crippen LogP contribution in [0.25, 0.3) is 0 Å². The Balaban J connectivity index is 2.13. The van der Waals surface area contributed by atoms with E-state index in [1.54, 1.807) is 36.1 Å². The molecular weight excluding hydrogens is 254 g/mol. The molecule has 1 unspecified atom stereocenters. The molecule has 0 aliphatic carbocycles. The summed E-state index contributed by atoms with van der Waals surface area (Å²) < 4.78 is 4.89. The summed E-state index contributed by atoms with van der Waals surface area (Å²) in [5.41, 5.74) is 1.24. The van der Waals surface area contributed by atoms with Gasteiger partial charge in [-0.1, -0.05) is 0 Å². The molecule has 96 valence electrons. The van der Waals surface area contributed by atoms with Crippen LogP contribution in [0.3, 0.4) is 0 Å². The standard InChI is InChI=1S/C13H14ClNO3/c1-2-18-13(17)9-3-5-11(6-4-9)15-8-10(14)7-12(15)16/h3-6,10H,2,7-8H2,1H3. The number of esters is 1. The number of nitrogens with zero attached hydrogens (tertiary/aromatic N) is 1. The van der Waals surface area contributed by atoms with Crippen molar-refractivity contribution >= 4 is 29.2 Å². The summed E-state index contributed by atoms with van der Waals surface area (Å²) in [6.07, 6.45) is 0.362. The third-order valence-corrected chi connectivity index (χ3v) is 3.06. The fraction of sp³-hybridized carbons (Fsp3) is 0.385. The number of carbonyl (C=O) groups is 2. The van der Waals surface area contributed by atoms with Gasteiger partial charge >= 0.3 is 5.97 Å². The fourth-order valence-electron chi connectivity index (χ4n) is 1.91. The minimum atomic E-state index is -0.355. The molecule has 1 aliphatic heterocycles. The Morgan fingerprint density at radius 1 is 1.44 bits per heavy atom. The number of amides is 1. The van der Waals surface area contributed by atoms with Crippen molar-refractivity contribution < 1.29 is 14.3 Å². The van der Waals surface area contributed by atoms with Gasteiger partial charge in [0.2, 0.25) is 5.91 Å². The highest BCUT2D eigenvalue weighted by Gasteiger charge is 2.29. The average molecular weight is 268 g/mol. The molecule has 1 fully saturated rings. The molecule has 1 heterocycles. The fourth-order valence-corrected chi connectivity index (χ4v) is 2.18. The Morgan fingerprint density at radius 3 is 2.61 bits per heavy atom. The molecule has 1 aliphatic rings. The predicted molar refractivity (Wildman–Crippen MR) is 69.0 cm³/mol. The van der Waals surface area contributed by atoms with Crippen LogP contribution < -0.4 is 4.90 Å². The summed E-state index contributed by atoms with van der Waals surface area (Å²) in [5, 5.41) is -0.137. The first kappa shape index (κ1) is 12.9. The predicted octanol–water partition coefficient (Wildman–Crippen LogP) is 2.21. The van der Waals surface area contributed by atoms with Crippen molar-refractivity contribution in [1.29, 1.82) is 0 Å². The Hall–Kier alpha value is -1.55. The van der Waals surface area contributed by atoms with Crippen LogP contribution in [0.4, 0.5) is 5.69 Å². The molecular formula is C13H14ClNO3. The lowest BCUT2D eigenvalue weighted by Gasteiger charge is -2.15. The second-order valence-electron chi connectivity index (χ2n) is 4.07. The molecule has 2 rings (SSSR count). The second kappa shape index (κ2) is 5.40. The van der Waals surface area contributed by atoms with Crippen LogP contribution in [0, 0.1) is 0 Å². The van der Waals surface area contributed by atoms with Gasteiger partial charge in [-0.25, -0.2) is 4.79 Å². The minimum absolute atomic E-state index is 0.0129. The molecule has 4 nitrogen and oxygen atoms in total. The molecule has 1 aromatic rings. The molecule has 1 saturated heterocycles. The van der Waals surface area contributed by atoms with Gasteiger partial charge in [-0.2, -0.15) is 0 Å². The first-order chi connectivity index (χ1) is 8.61. The molecule has 0 aromatic heterocycles. The van der Waals surface area contributed by atoms with Crippen LogP contribution in [0.1, 0.15) is 23.7 Å². The number of alkyl halides is 1. The molecule has 1 atom stereocenters. The lowest BCUT2D eigenvalue weighted by molar-refractivity contribution is -0.117. The van der Waals surface area contributed by atoms with Gasteiger partial charge in [0.05, 0.1) is 17.5 Å². The Bertz CT molecular complexity index is 458. The zero-order valence-electron chi connectivity index (χ0n) is 10.1. The summed E-state index contributed by atoms with van der Waals surface area (Å²) in [4.78, 5) is 24.8. The van der Waals surface area contributed by atoms with E-state index < -0.39 is 0 Å². The summed E-state index contributed by atoms with van der Waals surface area (Å²) >= 11 is 5.94. The van der Waals surface area contributed by atoms with E-state index in [-0.39, 0.29) is 17.3 Å². The summed E-state index contributed by atoms with van der Waals surface area (Å²) in [6.45, 7) is 2.62. The maximum atomic E-state index is 11.7. The largest absolute Gasteiger partial charge is 0.462 e. The number of hydrogen-bond donors (Lipinski definition) is 0. The van der Waals surface area contributed by atoms with Crippen molar-refractivity contribution in [3.63, 3.8) is 0 Å². The highest BCUT2D eigenvalue weighted by Crippen LogP contribution is 2.24. The highest BCUT2D eigenvalue weighted by molar-refractivity contribution is 6.24. The zero-order chi connectivity index (χ0) is 13.1. The molecule has 1 aromatic carbocycles. The number of halogens is 1. The maximum Gasteiger partial charge on any atom is 0.338 e. The summed E-state index contributed by atoms with van der Waals surface area (Å²) in [7, 11) is 0. The van der Waals surface area contributed by atoms with Crippen molar-refractivity contribution in [3.05, 3.63) is 29.8 Å². The van der Waals surface area contributed by atoms with Crippen molar-refractivity contribution in [2.45, 2.75) is 18.7 Å². The van der Waals surface area contributed by atoms with E-state index in [9.17, 15) is 9.59 Å². The smallest absolute Gasteiger partial charge is 0.338 e. The van der Waals surface area contributed by atoms with Crippen molar-refractivity contribution in [3.8, 4) is 0 Å². The first-order valence-corrected chi connectivity index (χ1v) is 6.27. The van der Waals surface area contributed by atoms with E-state index in [1.165, 1.54) is 0 Å². The monoisotopic (exact) mass is 267 g/mol. The highest BCUT2D eigenvalue weighted by atomic mass is 35.5. The number of anilines is 1. The van der Waals surface area contributed by atoms with Gasteiger partial charge in [0, 0.05) is 18.7 Å². The Morgan fingerprint density at radius 2 is 2.11 bits per heavy atom. The van der Waals surface area contributed by atoms with E-state index in [0.717, 1.165) is 5.69 Å². The topological polar surface area (TPSA) is 46.6 Å². The van der Waals surface area contributed by atoms with E-state index in [1.807, 2.05) is 0 Å². The molecule has 0 bridgehead atoms. The lowest BCUT2D eigenvalue weighted by Crippen LogP contribution is -2.24. The van der Waals surface area contributed by atoms with Crippen LogP contribution in [0.5, 0.6) is 0 Å². The van der Waals surface area contributed by atoms with Crippen LogP contribution in [-0.2, 0) is 9.53 Å². The number of carbonyl (C=O) groups excluding carboxylic acids is 2. The van der Waals surface area contributed by atoms with Gasteiger partial charge in [0.15, 0.2) is 0 Å². The second-order valence-corrected chi connectivity index (χ2v) is 4.69. The van der Waals surface area contributed by atoms with Crippen LogP contribution >= 0.6 is 11.6 Å². The number of benzene rings is 1. The van der Waals surface area contributed by atoms with Gasteiger partial charge in [-0.15, -0.1) is 11.6 Å². The van der Waals surface area contributed by atoms with Gasteiger partial charge in [-0.05, 0) is 31.2 Å². The quantitative estimate of drug-likeness (QED) is 0.623. The third-order valence-electron chi connectivity index (χ3n) is 2.77. The van der Waals surface area contributed by atoms with Crippen LogP contribution in [0.15, 0.2) is 24.3 Å². The van der Waals surface area contributed by atoms with E-state index in [0.29, 0.717) is 25.1 Å². The molecule has 0 radical (unpaired) electrons. The summed E-state index contributed by atoms with van der Waals surface area (Å²) in [5.74, 6) is -0.342. The van der Waals surface area contributed by atoms with E-state index >= 15 is 0 Å². The molecule has 0 N–H and O–H groups in total. The normalized spacial score (nSPS) is 19.1. The van der Waals surface area contributed by atoms with Gasteiger partial charge < -0.3 is 9.64 Å². The van der Waals surface area contributed by atoms with Gasteiger partial charge in [0.25, 0.3) is 0 Å². The Kier molecular flexibility index (Phi) is 3.87. The maximum absolute atomic E-state index is 11.7. The van der Waals surface area contributed by atoms with Crippen LogP contribution in [0.2, 0.25) is 0 Å². The molecule has 0 saturated carbocycles. The van der Waals surface area contributed by atoms with Crippen molar-refractivity contribution in [1.82, 2.24) is 0 Å². The molecule has 5 heteroatoms. The SMILES string of the molecule is CCOC(=O)c1ccc(N2CC(Cl)CC2=O)cc1. The average Bonchev–Trinajstić information content (AvgIpc) is 2.69. The van der Waals surface area contributed by atoms with E-state index in [2.05, 4.69) is 0 Å². The van der Waals surface area contributed by atoms with Crippen molar-refractivity contribution in [2.24, 2.45) is 0 Å². The minimum Gasteiger partial charge on any atom is -0.462 e. The summed E-state index contributed by atoms with van der Waals surface area (Å²) in [6, 6.07) is 6.78. The van der Waals surface area contributed by atoms with Gasteiger partial charge in [0.1, 0.15) is 0 Å². The Labute approximate surface area is 110 Å². The molecule has 0 spiro atoms. The first-order valence-electron chi connectivity index (χ1n) is 5.83. The number of rotatable bonds is 3. The number of hydrogen-bond acceptors (Lipinski definition) is 3. The molecule has 1 amide bonds. The van der Waals surface area contributed by atoms with Gasteiger partial charge in [-0.3, -0.25) is 4.79 Å². The third kappa shape index (κ3) is 2.64. The lowest BCUT2D eigenvalue weighted by atomic mass is 10.2.